The van der Waals surface area contributed by atoms with E-state index < -0.39 is 5.72 Å². The number of hydrogen-bond acceptors (Lipinski definition) is 6. The minimum atomic E-state index is -1.30. The van der Waals surface area contributed by atoms with E-state index in [0.717, 1.165) is 11.3 Å². The molecule has 0 saturated carbocycles. The van der Waals surface area contributed by atoms with Crippen molar-refractivity contribution in [2.24, 2.45) is 0 Å². The van der Waals surface area contributed by atoms with Crippen LogP contribution in [0.25, 0.3) is 0 Å². The summed E-state index contributed by atoms with van der Waals surface area (Å²) in [5, 5.41) is 1.70. The summed E-state index contributed by atoms with van der Waals surface area (Å²) < 4.78 is 23.9. The molecule has 1 aliphatic heterocycles. The molecule has 2 atom stereocenters. The molecule has 0 fully saturated rings. The van der Waals surface area contributed by atoms with Crippen molar-refractivity contribution < 1.29 is 18.3 Å². The van der Waals surface area contributed by atoms with Crippen LogP contribution in [-0.2, 0) is 15.3 Å². The number of hydrazine groups is 1. The largest absolute Gasteiger partial charge is 0.444 e. The van der Waals surface area contributed by atoms with E-state index in [1.165, 1.54) is 24.6 Å². The van der Waals surface area contributed by atoms with E-state index in [1.54, 1.807) is 23.2 Å². The number of halogens is 1. The lowest BCUT2D eigenvalue weighted by Gasteiger charge is -2.37. The van der Waals surface area contributed by atoms with Gasteiger partial charge in [-0.25, -0.2) is 9.37 Å². The Morgan fingerprint density at radius 2 is 2.17 bits per heavy atom. The summed E-state index contributed by atoms with van der Waals surface area (Å²) in [6.07, 6.45) is 4.61. The van der Waals surface area contributed by atoms with Crippen LogP contribution in [0.4, 0.5) is 4.39 Å². The van der Waals surface area contributed by atoms with Crippen LogP contribution in [0, 0.1) is 5.82 Å². The van der Waals surface area contributed by atoms with Gasteiger partial charge in [0.15, 0.2) is 0 Å². The van der Waals surface area contributed by atoms with Gasteiger partial charge in [0.25, 0.3) is 18.1 Å². The number of rotatable bonds is 5. The summed E-state index contributed by atoms with van der Waals surface area (Å²) in [7, 11) is 0. The summed E-state index contributed by atoms with van der Waals surface area (Å²) in [5.74, 6) is -0.0874. The molecule has 0 spiro atoms. The fourth-order valence-electron chi connectivity index (χ4n) is 2.72. The smallest absolute Gasteiger partial charge is 0.295 e. The van der Waals surface area contributed by atoms with Gasteiger partial charge in [-0.05, 0) is 31.5 Å². The van der Waals surface area contributed by atoms with Gasteiger partial charge in [-0.2, -0.15) is 5.01 Å². The number of oxazole rings is 1. The van der Waals surface area contributed by atoms with Gasteiger partial charge in [0, 0.05) is 11.8 Å². The van der Waals surface area contributed by atoms with Gasteiger partial charge in [-0.1, -0.05) is 12.1 Å². The summed E-state index contributed by atoms with van der Waals surface area (Å²) in [6.45, 7) is 4.09. The highest BCUT2D eigenvalue weighted by molar-refractivity contribution is 5.41. The molecule has 0 amide bonds. The van der Waals surface area contributed by atoms with Crippen molar-refractivity contribution >= 4 is 6.47 Å². The fraction of sp³-hybridized carbons (Fsp3) is 0.250. The average Bonchev–Trinajstić information content (AvgIpc) is 3.16. The van der Waals surface area contributed by atoms with Crippen LogP contribution in [0.5, 0.6) is 0 Å². The van der Waals surface area contributed by atoms with Crippen LogP contribution in [-0.4, -0.2) is 16.5 Å². The molecule has 120 valence electrons. The van der Waals surface area contributed by atoms with Crippen molar-refractivity contribution in [3.63, 3.8) is 0 Å². The van der Waals surface area contributed by atoms with Crippen molar-refractivity contribution in [1.82, 2.24) is 15.4 Å². The molecule has 1 aliphatic rings. The van der Waals surface area contributed by atoms with E-state index in [0.29, 0.717) is 6.47 Å². The second kappa shape index (κ2) is 5.85. The summed E-state index contributed by atoms with van der Waals surface area (Å²) in [4.78, 5) is 15.2. The van der Waals surface area contributed by atoms with Crippen molar-refractivity contribution in [3.8, 4) is 0 Å². The fourth-order valence-corrected chi connectivity index (χ4v) is 2.72. The Balaban J connectivity index is 2.02. The monoisotopic (exact) mass is 317 g/mol. The normalized spacial score (nSPS) is 22.3. The highest BCUT2D eigenvalue weighted by atomic mass is 19.1. The first kappa shape index (κ1) is 15.2. The Bertz CT molecular complexity index is 715. The number of hydrogen-bond donors (Lipinski definition) is 1. The van der Waals surface area contributed by atoms with E-state index in [1.807, 2.05) is 13.8 Å². The van der Waals surface area contributed by atoms with Crippen LogP contribution >= 0.6 is 0 Å². The van der Waals surface area contributed by atoms with Crippen molar-refractivity contribution in [3.05, 3.63) is 65.8 Å². The van der Waals surface area contributed by atoms with Crippen LogP contribution in [0.15, 0.2) is 52.9 Å². The van der Waals surface area contributed by atoms with Crippen molar-refractivity contribution in [1.29, 1.82) is 0 Å². The molecule has 7 heteroatoms. The number of nitrogens with one attached hydrogen (secondary N) is 1. The molecular weight excluding hydrogens is 301 g/mol. The zero-order valence-electron chi connectivity index (χ0n) is 12.7. The SMILES string of the molecule is CC1=CC(OC=O)(c2ncco2)N(C(C)c2ccc(F)cc2)N1. The highest BCUT2D eigenvalue weighted by Crippen LogP contribution is 2.39. The second-order valence-corrected chi connectivity index (χ2v) is 5.28. The van der Waals surface area contributed by atoms with Gasteiger partial charge in [0.1, 0.15) is 12.1 Å². The molecule has 0 saturated heterocycles. The summed E-state index contributed by atoms with van der Waals surface area (Å²) >= 11 is 0. The maximum atomic E-state index is 13.1. The molecule has 2 unspecified atom stereocenters. The van der Waals surface area contributed by atoms with Crippen LogP contribution in [0.2, 0.25) is 0 Å². The molecule has 2 aromatic rings. The zero-order chi connectivity index (χ0) is 16.4. The predicted octanol–water partition coefficient (Wildman–Crippen LogP) is 2.62. The third-order valence-corrected chi connectivity index (χ3v) is 3.77. The molecule has 0 radical (unpaired) electrons. The molecule has 0 bridgehead atoms. The third-order valence-electron chi connectivity index (χ3n) is 3.77. The Morgan fingerprint density at radius 3 is 2.78 bits per heavy atom. The number of ether oxygens (including phenoxy) is 1. The zero-order valence-corrected chi connectivity index (χ0v) is 12.7. The highest BCUT2D eigenvalue weighted by Gasteiger charge is 2.50. The molecule has 6 nitrogen and oxygen atoms in total. The molecule has 1 aromatic heterocycles. The second-order valence-electron chi connectivity index (χ2n) is 5.28. The van der Waals surface area contributed by atoms with Crippen molar-refractivity contribution in [2.75, 3.05) is 0 Å². The van der Waals surface area contributed by atoms with E-state index in [-0.39, 0.29) is 17.7 Å². The molecule has 1 N–H and O–H groups in total. The summed E-state index contributed by atoms with van der Waals surface area (Å²) in [5.41, 5.74) is 3.46. The van der Waals surface area contributed by atoms with Gasteiger partial charge in [-0.15, -0.1) is 0 Å². The maximum Gasteiger partial charge on any atom is 0.295 e. The first-order valence-corrected chi connectivity index (χ1v) is 7.09. The topological polar surface area (TPSA) is 67.6 Å². The van der Waals surface area contributed by atoms with Crippen LogP contribution in [0.1, 0.15) is 31.3 Å². The van der Waals surface area contributed by atoms with E-state index >= 15 is 0 Å². The molecule has 1 aromatic carbocycles. The van der Waals surface area contributed by atoms with Gasteiger partial charge in [0.2, 0.25) is 0 Å². The molecule has 2 heterocycles. The van der Waals surface area contributed by atoms with E-state index in [9.17, 15) is 9.18 Å². The lowest BCUT2D eigenvalue weighted by atomic mass is 10.1. The minimum absolute atomic E-state index is 0.225. The maximum absolute atomic E-state index is 13.1. The number of carbonyl (C=O) groups excluding carboxylic acids is 1. The lowest BCUT2D eigenvalue weighted by molar-refractivity contribution is -0.174. The Morgan fingerprint density at radius 1 is 1.43 bits per heavy atom. The standard InChI is InChI=1S/C16H16FN3O3/c1-11-9-16(23-10-21,15-18-7-8-22-15)20(19-11)12(2)13-3-5-14(17)6-4-13/h3-10,12,19H,1-2H3. The van der Waals surface area contributed by atoms with Gasteiger partial charge < -0.3 is 14.6 Å². The number of nitrogens with zero attached hydrogens (tertiary/aromatic N) is 2. The van der Waals surface area contributed by atoms with E-state index in [4.69, 9.17) is 9.15 Å². The van der Waals surface area contributed by atoms with Crippen molar-refractivity contribution in [2.45, 2.75) is 25.6 Å². The number of allylic oxidation sites excluding steroid dienone is 1. The Kier molecular flexibility index (Phi) is 3.87. The first-order valence-electron chi connectivity index (χ1n) is 7.09. The number of aromatic nitrogens is 1. The third kappa shape index (κ3) is 2.59. The molecular formula is C16H16FN3O3. The van der Waals surface area contributed by atoms with Crippen LogP contribution < -0.4 is 5.43 Å². The first-order chi connectivity index (χ1) is 11.1. The van der Waals surface area contributed by atoms with Gasteiger partial charge in [0.05, 0.1) is 12.2 Å². The van der Waals surface area contributed by atoms with E-state index in [2.05, 4.69) is 10.4 Å². The minimum Gasteiger partial charge on any atom is -0.444 e. The average molecular weight is 317 g/mol. The van der Waals surface area contributed by atoms with Gasteiger partial charge >= 0.3 is 0 Å². The number of carbonyl (C=O) groups is 1. The summed E-state index contributed by atoms with van der Waals surface area (Å²) in [6, 6.07) is 5.87. The lowest BCUT2D eigenvalue weighted by Crippen LogP contribution is -2.50. The molecule has 0 aliphatic carbocycles. The molecule has 23 heavy (non-hydrogen) atoms. The number of benzene rings is 1. The Labute approximate surface area is 132 Å². The Hall–Kier alpha value is -2.67. The predicted molar refractivity (Wildman–Crippen MR) is 78.9 cm³/mol. The van der Waals surface area contributed by atoms with Gasteiger partial charge in [-0.3, -0.25) is 4.79 Å². The quantitative estimate of drug-likeness (QED) is 0.855. The molecule has 3 rings (SSSR count). The van der Waals surface area contributed by atoms with Crippen LogP contribution in [0.3, 0.4) is 0 Å².